The van der Waals surface area contributed by atoms with Crippen molar-refractivity contribution in [1.29, 1.82) is 0 Å². The lowest BCUT2D eigenvalue weighted by Gasteiger charge is -2.10. The topological polar surface area (TPSA) is 38.3 Å². The fourth-order valence-corrected chi connectivity index (χ4v) is 2.72. The van der Waals surface area contributed by atoms with Crippen LogP contribution in [-0.4, -0.2) is 24.8 Å². The third-order valence-corrected chi connectivity index (χ3v) is 4.26. The van der Waals surface area contributed by atoms with E-state index in [1.165, 1.54) is 17.7 Å². The smallest absolute Gasteiger partial charge is 0.416 e. The van der Waals surface area contributed by atoms with Gasteiger partial charge in [-0.1, -0.05) is 23.8 Å². The molecule has 0 fully saturated rings. The molecule has 0 spiro atoms. The number of ether oxygens (including phenoxy) is 1. The zero-order valence-corrected chi connectivity index (χ0v) is 14.4. The molecule has 0 aliphatic heterocycles. The minimum atomic E-state index is -4.44. The molecule has 2 rings (SSSR count). The van der Waals surface area contributed by atoms with E-state index in [9.17, 15) is 18.0 Å². The number of alkyl halides is 3. The van der Waals surface area contributed by atoms with Crippen molar-refractivity contribution in [2.75, 3.05) is 18.9 Å². The SMILES string of the molecule is Cc1ccc(SCCNC(=O)COc2cccc(C(F)(F)F)c2)cc1. The van der Waals surface area contributed by atoms with E-state index in [-0.39, 0.29) is 18.3 Å². The summed E-state index contributed by atoms with van der Waals surface area (Å²) in [6.07, 6.45) is -4.44. The van der Waals surface area contributed by atoms with Crippen LogP contribution >= 0.6 is 11.8 Å². The minimum absolute atomic E-state index is 0.0130. The Morgan fingerprint density at radius 2 is 1.88 bits per heavy atom. The Morgan fingerprint density at radius 3 is 2.56 bits per heavy atom. The second-order valence-corrected chi connectivity index (χ2v) is 6.49. The second-order valence-electron chi connectivity index (χ2n) is 5.33. The normalized spacial score (nSPS) is 11.2. The number of amides is 1. The van der Waals surface area contributed by atoms with E-state index in [0.29, 0.717) is 12.3 Å². The predicted octanol–water partition coefficient (Wildman–Crippen LogP) is 4.30. The molecule has 0 unspecified atom stereocenters. The number of aryl methyl sites for hydroxylation is 1. The van der Waals surface area contributed by atoms with Crippen molar-refractivity contribution in [3.63, 3.8) is 0 Å². The number of carbonyl (C=O) groups is 1. The van der Waals surface area contributed by atoms with E-state index in [4.69, 9.17) is 4.74 Å². The maximum atomic E-state index is 12.6. The number of nitrogens with one attached hydrogen (secondary N) is 1. The molecule has 134 valence electrons. The van der Waals surface area contributed by atoms with Crippen molar-refractivity contribution in [3.05, 3.63) is 59.7 Å². The van der Waals surface area contributed by atoms with Crippen LogP contribution < -0.4 is 10.1 Å². The molecule has 0 atom stereocenters. The van der Waals surface area contributed by atoms with Crippen molar-refractivity contribution >= 4 is 17.7 Å². The number of rotatable bonds is 7. The Morgan fingerprint density at radius 1 is 1.16 bits per heavy atom. The lowest BCUT2D eigenvalue weighted by atomic mass is 10.2. The van der Waals surface area contributed by atoms with Crippen LogP contribution in [0.3, 0.4) is 0 Å². The summed E-state index contributed by atoms with van der Waals surface area (Å²) in [5.41, 5.74) is 0.379. The number of thioether (sulfide) groups is 1. The van der Waals surface area contributed by atoms with E-state index < -0.39 is 11.7 Å². The van der Waals surface area contributed by atoms with Gasteiger partial charge < -0.3 is 10.1 Å². The van der Waals surface area contributed by atoms with Crippen LogP contribution in [0.2, 0.25) is 0 Å². The van der Waals surface area contributed by atoms with Gasteiger partial charge in [0.05, 0.1) is 5.56 Å². The van der Waals surface area contributed by atoms with Crippen LogP contribution in [-0.2, 0) is 11.0 Å². The van der Waals surface area contributed by atoms with Gasteiger partial charge in [-0.2, -0.15) is 13.2 Å². The van der Waals surface area contributed by atoms with Crippen molar-refractivity contribution < 1.29 is 22.7 Å². The summed E-state index contributed by atoms with van der Waals surface area (Å²) in [7, 11) is 0. The van der Waals surface area contributed by atoms with Crippen LogP contribution in [0.15, 0.2) is 53.4 Å². The Kier molecular flexibility index (Phi) is 6.75. The number of hydrogen-bond acceptors (Lipinski definition) is 3. The van der Waals surface area contributed by atoms with E-state index in [2.05, 4.69) is 5.32 Å². The summed E-state index contributed by atoms with van der Waals surface area (Å²) < 4.78 is 42.9. The molecule has 0 aromatic heterocycles. The molecule has 0 saturated carbocycles. The Bertz CT molecular complexity index is 702. The van der Waals surface area contributed by atoms with Crippen LogP contribution in [0.25, 0.3) is 0 Å². The lowest BCUT2D eigenvalue weighted by Crippen LogP contribution is -2.30. The zero-order chi connectivity index (χ0) is 18.3. The third-order valence-electron chi connectivity index (χ3n) is 3.25. The first-order chi connectivity index (χ1) is 11.8. The van der Waals surface area contributed by atoms with Gasteiger partial charge in [-0.25, -0.2) is 0 Å². The highest BCUT2D eigenvalue weighted by Crippen LogP contribution is 2.31. The highest BCUT2D eigenvalue weighted by Gasteiger charge is 2.30. The first-order valence-corrected chi connectivity index (χ1v) is 8.59. The predicted molar refractivity (Wildman–Crippen MR) is 91.9 cm³/mol. The number of halogens is 3. The van der Waals surface area contributed by atoms with Crippen LogP contribution in [0.1, 0.15) is 11.1 Å². The van der Waals surface area contributed by atoms with Gasteiger partial charge in [0, 0.05) is 17.2 Å². The second kappa shape index (κ2) is 8.80. The van der Waals surface area contributed by atoms with Gasteiger partial charge in [0.2, 0.25) is 0 Å². The quantitative estimate of drug-likeness (QED) is 0.584. The average molecular weight is 369 g/mol. The summed E-state index contributed by atoms with van der Waals surface area (Å²) >= 11 is 1.61. The zero-order valence-electron chi connectivity index (χ0n) is 13.6. The van der Waals surface area contributed by atoms with E-state index in [1.807, 2.05) is 31.2 Å². The molecule has 1 N–H and O–H groups in total. The fraction of sp³-hybridized carbons (Fsp3) is 0.278. The van der Waals surface area contributed by atoms with Crippen LogP contribution in [0, 0.1) is 6.92 Å². The van der Waals surface area contributed by atoms with E-state index in [1.54, 1.807) is 11.8 Å². The standard InChI is InChI=1S/C18H18F3NO2S/c1-13-5-7-16(8-6-13)25-10-9-22-17(23)12-24-15-4-2-3-14(11-15)18(19,20)21/h2-8,11H,9-10,12H2,1H3,(H,22,23). The number of carbonyl (C=O) groups excluding carboxylic acids is 1. The van der Waals surface area contributed by atoms with E-state index in [0.717, 1.165) is 17.0 Å². The molecule has 25 heavy (non-hydrogen) atoms. The first kappa shape index (κ1) is 19.2. The molecule has 0 aliphatic rings. The van der Waals surface area contributed by atoms with E-state index >= 15 is 0 Å². The molecule has 0 heterocycles. The molecule has 0 saturated heterocycles. The summed E-state index contributed by atoms with van der Waals surface area (Å²) in [6, 6.07) is 12.5. The molecule has 2 aromatic rings. The molecule has 0 bridgehead atoms. The summed E-state index contributed by atoms with van der Waals surface area (Å²) in [5, 5.41) is 2.67. The van der Waals surface area contributed by atoms with Gasteiger partial charge >= 0.3 is 6.18 Å². The van der Waals surface area contributed by atoms with Crippen molar-refractivity contribution in [2.24, 2.45) is 0 Å². The van der Waals surface area contributed by atoms with Crippen LogP contribution in [0.5, 0.6) is 5.75 Å². The molecular weight excluding hydrogens is 351 g/mol. The highest BCUT2D eigenvalue weighted by atomic mass is 32.2. The average Bonchev–Trinajstić information content (AvgIpc) is 2.58. The van der Waals surface area contributed by atoms with Crippen molar-refractivity contribution in [3.8, 4) is 5.75 Å². The lowest BCUT2D eigenvalue weighted by molar-refractivity contribution is -0.137. The Labute approximate surface area is 148 Å². The summed E-state index contributed by atoms with van der Waals surface area (Å²) in [6.45, 7) is 2.14. The monoisotopic (exact) mass is 369 g/mol. The van der Waals surface area contributed by atoms with Gasteiger partial charge in [0.25, 0.3) is 5.91 Å². The Balaban J connectivity index is 1.69. The first-order valence-electron chi connectivity index (χ1n) is 7.61. The van der Waals surface area contributed by atoms with Crippen molar-refractivity contribution in [2.45, 2.75) is 18.0 Å². The highest BCUT2D eigenvalue weighted by molar-refractivity contribution is 7.99. The molecule has 2 aromatic carbocycles. The molecular formula is C18H18F3NO2S. The van der Waals surface area contributed by atoms with Gasteiger partial charge in [-0.15, -0.1) is 11.8 Å². The van der Waals surface area contributed by atoms with Crippen LogP contribution in [0.4, 0.5) is 13.2 Å². The molecule has 3 nitrogen and oxygen atoms in total. The summed E-state index contributed by atoms with van der Waals surface area (Å²) in [5.74, 6) is 0.333. The maximum absolute atomic E-state index is 12.6. The Hall–Kier alpha value is -2.15. The largest absolute Gasteiger partial charge is 0.484 e. The molecule has 1 amide bonds. The molecule has 0 aliphatic carbocycles. The molecule has 0 radical (unpaired) electrons. The van der Waals surface area contributed by atoms with Gasteiger partial charge in [0.1, 0.15) is 5.75 Å². The molecule has 7 heteroatoms. The van der Waals surface area contributed by atoms with Gasteiger partial charge in [0.15, 0.2) is 6.61 Å². The summed E-state index contributed by atoms with van der Waals surface area (Å²) in [4.78, 5) is 12.8. The minimum Gasteiger partial charge on any atom is -0.484 e. The maximum Gasteiger partial charge on any atom is 0.416 e. The third kappa shape index (κ3) is 6.70. The number of benzene rings is 2. The van der Waals surface area contributed by atoms with Crippen molar-refractivity contribution in [1.82, 2.24) is 5.32 Å². The van der Waals surface area contributed by atoms with Gasteiger partial charge in [-0.3, -0.25) is 4.79 Å². The van der Waals surface area contributed by atoms with Gasteiger partial charge in [-0.05, 0) is 37.3 Å². The fourth-order valence-electron chi connectivity index (χ4n) is 1.96. The number of hydrogen-bond donors (Lipinski definition) is 1.